The second-order valence-corrected chi connectivity index (χ2v) is 16.2. The van der Waals surface area contributed by atoms with Crippen LogP contribution in [0.15, 0.2) is 46.3 Å². The second kappa shape index (κ2) is 9.51. The van der Waals surface area contributed by atoms with E-state index in [4.69, 9.17) is 32.6 Å². The Bertz CT molecular complexity index is 1310. The second-order valence-electron chi connectivity index (χ2n) is 9.56. The standard InChI is InChI=1S/C24H26Cl2N4O2SSi/c1-24(2,3)34(4,5)32-13-20-27-17-10-9-14(11-18(17)28-20)12-19-22(31)30-23(33-19)29-21-15(25)7-6-8-16(21)26/h6-12H,13H2,1-5H3,(H,27,28)(H,29,30,31). The van der Waals surface area contributed by atoms with E-state index in [9.17, 15) is 4.79 Å². The van der Waals surface area contributed by atoms with Gasteiger partial charge in [-0.2, -0.15) is 0 Å². The number of fused-ring (bicyclic) bond motifs is 1. The number of carbonyl (C=O) groups excluding carboxylic acids is 1. The molecule has 2 N–H and O–H groups in total. The van der Waals surface area contributed by atoms with Crippen molar-refractivity contribution in [1.82, 2.24) is 15.3 Å². The number of aromatic amines is 1. The van der Waals surface area contributed by atoms with Gasteiger partial charge in [-0.3, -0.25) is 4.79 Å². The Morgan fingerprint density at radius 2 is 1.88 bits per heavy atom. The van der Waals surface area contributed by atoms with Crippen LogP contribution < -0.4 is 5.32 Å². The Labute approximate surface area is 214 Å². The third-order valence-corrected chi connectivity index (χ3v) is 12.0. The number of carbonyl (C=O) groups is 1. The number of rotatable bonds is 5. The summed E-state index contributed by atoms with van der Waals surface area (Å²) < 4.78 is 6.28. The maximum absolute atomic E-state index is 12.5. The predicted octanol–water partition coefficient (Wildman–Crippen LogP) is 7.28. The normalized spacial score (nSPS) is 17.2. The quantitative estimate of drug-likeness (QED) is 0.267. The molecule has 0 saturated carbocycles. The van der Waals surface area contributed by atoms with Crippen molar-refractivity contribution < 1.29 is 9.22 Å². The van der Waals surface area contributed by atoms with Gasteiger partial charge in [0.1, 0.15) is 11.5 Å². The molecule has 34 heavy (non-hydrogen) atoms. The molecule has 178 valence electrons. The van der Waals surface area contributed by atoms with E-state index in [1.165, 1.54) is 11.8 Å². The summed E-state index contributed by atoms with van der Waals surface area (Å²) in [7, 11) is -1.87. The van der Waals surface area contributed by atoms with E-state index < -0.39 is 8.32 Å². The fourth-order valence-corrected chi connectivity index (χ4v) is 5.27. The number of nitrogens with one attached hydrogen (secondary N) is 2. The summed E-state index contributed by atoms with van der Waals surface area (Å²) in [6.07, 6.45) is 1.82. The van der Waals surface area contributed by atoms with Crippen LogP contribution in [0.3, 0.4) is 0 Å². The molecule has 6 nitrogen and oxygen atoms in total. The van der Waals surface area contributed by atoms with Gasteiger partial charge < -0.3 is 14.7 Å². The number of halogens is 2. The zero-order chi connectivity index (χ0) is 24.7. The number of thioether (sulfide) groups is 1. The van der Waals surface area contributed by atoms with Crippen LogP contribution in [-0.4, -0.2) is 29.4 Å². The smallest absolute Gasteiger partial charge is 0.264 e. The molecule has 4 rings (SSSR count). The number of amidine groups is 1. The molecular formula is C24H26Cl2N4O2SSi. The molecule has 0 atom stereocenters. The molecule has 1 saturated heterocycles. The largest absolute Gasteiger partial charge is 0.409 e. The van der Waals surface area contributed by atoms with Gasteiger partial charge in [0.05, 0.1) is 32.6 Å². The highest BCUT2D eigenvalue weighted by atomic mass is 35.5. The number of aromatic nitrogens is 2. The summed E-state index contributed by atoms with van der Waals surface area (Å²) in [6.45, 7) is 11.5. The maximum atomic E-state index is 12.5. The van der Waals surface area contributed by atoms with E-state index in [2.05, 4.69) is 49.2 Å². The van der Waals surface area contributed by atoms with Crippen LogP contribution in [0.2, 0.25) is 28.2 Å². The van der Waals surface area contributed by atoms with Crippen molar-refractivity contribution in [3.05, 3.63) is 62.7 Å². The Hall–Kier alpha value is -2.10. The van der Waals surface area contributed by atoms with Crippen LogP contribution in [0.1, 0.15) is 32.2 Å². The zero-order valence-electron chi connectivity index (χ0n) is 19.6. The molecule has 1 amide bonds. The van der Waals surface area contributed by atoms with Crippen LogP contribution in [0.4, 0.5) is 5.69 Å². The number of para-hydroxylation sites is 1. The topological polar surface area (TPSA) is 79.4 Å². The lowest BCUT2D eigenvalue weighted by atomic mass is 10.2. The first-order valence-electron chi connectivity index (χ1n) is 10.8. The molecule has 10 heteroatoms. The number of hydrogen-bond acceptors (Lipinski definition) is 5. The van der Waals surface area contributed by atoms with Gasteiger partial charge in [-0.25, -0.2) is 9.98 Å². The summed E-state index contributed by atoms with van der Waals surface area (Å²) >= 11 is 13.6. The fraction of sp³-hybridized carbons (Fsp3) is 0.292. The highest BCUT2D eigenvalue weighted by Crippen LogP contribution is 2.37. The van der Waals surface area contributed by atoms with E-state index in [-0.39, 0.29) is 10.9 Å². The molecule has 1 aromatic heterocycles. The molecule has 1 aliphatic heterocycles. The molecule has 0 radical (unpaired) electrons. The maximum Gasteiger partial charge on any atom is 0.264 e. The van der Waals surface area contributed by atoms with Crippen molar-refractivity contribution >= 4 is 77.2 Å². The van der Waals surface area contributed by atoms with E-state index in [0.717, 1.165) is 22.4 Å². The van der Waals surface area contributed by atoms with E-state index in [0.29, 0.717) is 32.4 Å². The van der Waals surface area contributed by atoms with Gasteiger partial charge in [0.15, 0.2) is 13.5 Å². The molecule has 0 bridgehead atoms. The predicted molar refractivity (Wildman–Crippen MR) is 145 cm³/mol. The van der Waals surface area contributed by atoms with Crippen molar-refractivity contribution in [1.29, 1.82) is 0 Å². The monoisotopic (exact) mass is 532 g/mol. The first-order chi connectivity index (χ1) is 15.9. The average Bonchev–Trinajstić information content (AvgIpc) is 3.31. The number of imidazole rings is 1. The van der Waals surface area contributed by atoms with E-state index in [1.807, 2.05) is 24.3 Å². The van der Waals surface area contributed by atoms with Crippen molar-refractivity contribution in [3.8, 4) is 0 Å². The fourth-order valence-electron chi connectivity index (χ4n) is 3.03. The van der Waals surface area contributed by atoms with Crippen LogP contribution in [0, 0.1) is 0 Å². The van der Waals surface area contributed by atoms with Gasteiger partial charge in [-0.1, -0.05) is 56.1 Å². The van der Waals surface area contributed by atoms with Crippen LogP contribution >= 0.6 is 35.0 Å². The van der Waals surface area contributed by atoms with Gasteiger partial charge in [0.2, 0.25) is 0 Å². The number of amides is 1. The molecule has 1 fully saturated rings. The summed E-state index contributed by atoms with van der Waals surface area (Å²) in [4.78, 5) is 25.5. The number of hydrogen-bond donors (Lipinski definition) is 2. The lowest BCUT2D eigenvalue weighted by Gasteiger charge is -2.35. The highest BCUT2D eigenvalue weighted by molar-refractivity contribution is 8.18. The van der Waals surface area contributed by atoms with Gasteiger partial charge in [0, 0.05) is 0 Å². The number of H-pyrrole nitrogens is 1. The third-order valence-electron chi connectivity index (χ3n) is 6.03. The van der Waals surface area contributed by atoms with Crippen molar-refractivity contribution in [2.75, 3.05) is 0 Å². The minimum atomic E-state index is -1.87. The van der Waals surface area contributed by atoms with Crippen molar-refractivity contribution in [3.63, 3.8) is 0 Å². The van der Waals surface area contributed by atoms with Gasteiger partial charge in [-0.05, 0) is 65.8 Å². The summed E-state index contributed by atoms with van der Waals surface area (Å²) in [6, 6.07) is 11.0. The molecule has 0 aliphatic carbocycles. The van der Waals surface area contributed by atoms with Gasteiger partial charge in [-0.15, -0.1) is 0 Å². The lowest BCUT2D eigenvalue weighted by molar-refractivity contribution is -0.115. The van der Waals surface area contributed by atoms with Crippen LogP contribution in [0.5, 0.6) is 0 Å². The first kappa shape index (κ1) is 25.0. The molecular weight excluding hydrogens is 507 g/mol. The Morgan fingerprint density at radius 1 is 1.18 bits per heavy atom. The summed E-state index contributed by atoms with van der Waals surface area (Å²) in [5.41, 5.74) is 3.05. The van der Waals surface area contributed by atoms with Crippen molar-refractivity contribution in [2.24, 2.45) is 4.99 Å². The van der Waals surface area contributed by atoms with Crippen LogP contribution in [-0.2, 0) is 15.8 Å². The molecule has 2 aromatic carbocycles. The van der Waals surface area contributed by atoms with Crippen molar-refractivity contribution in [2.45, 2.75) is 45.5 Å². The Morgan fingerprint density at radius 3 is 2.56 bits per heavy atom. The van der Waals surface area contributed by atoms with E-state index >= 15 is 0 Å². The summed E-state index contributed by atoms with van der Waals surface area (Å²) in [5, 5.41) is 4.17. The number of aliphatic imine (C=N–C) groups is 1. The van der Waals surface area contributed by atoms with Crippen LogP contribution in [0.25, 0.3) is 17.1 Å². The lowest BCUT2D eigenvalue weighted by Crippen LogP contribution is -2.40. The molecule has 3 aromatic rings. The molecule has 0 unspecified atom stereocenters. The summed E-state index contributed by atoms with van der Waals surface area (Å²) in [5.74, 6) is 0.571. The highest BCUT2D eigenvalue weighted by Gasteiger charge is 2.37. The number of benzene rings is 2. The van der Waals surface area contributed by atoms with Gasteiger partial charge in [0.25, 0.3) is 5.91 Å². The third kappa shape index (κ3) is 5.42. The molecule has 2 heterocycles. The minimum absolute atomic E-state index is 0.136. The Kier molecular flexibility index (Phi) is 6.99. The van der Waals surface area contributed by atoms with Gasteiger partial charge >= 0.3 is 0 Å². The SMILES string of the molecule is CC(C)(C)[Si](C)(C)OCc1nc2cc(C=C3SC(=Nc4c(Cl)cccc4Cl)NC3=O)ccc2[nH]1. The minimum Gasteiger partial charge on any atom is -0.409 e. The Balaban J connectivity index is 1.52. The van der Waals surface area contributed by atoms with E-state index in [1.54, 1.807) is 18.2 Å². The average molecular weight is 534 g/mol. The number of nitrogens with zero attached hydrogens (tertiary/aromatic N) is 2. The zero-order valence-corrected chi connectivity index (χ0v) is 23.0. The first-order valence-corrected chi connectivity index (χ1v) is 15.3. The molecule has 0 spiro atoms. The molecule has 1 aliphatic rings.